The number of carbonyl (C=O) groups excluding carboxylic acids is 2. The van der Waals surface area contributed by atoms with Crippen LogP contribution in [0.15, 0.2) is 18.2 Å². The predicted molar refractivity (Wildman–Crippen MR) is 80.4 cm³/mol. The molecule has 0 aliphatic heterocycles. The molecule has 0 heterocycles. The SMILES string of the molecule is CC(=O)Oc1ccc(OC(C)=O)c(C(F)(F)C(F)(F)OC(F)(F)C(F)(F)S(=O)(=O)O)c1. The molecule has 0 bridgehead atoms. The Balaban J connectivity index is 3.58. The number of halogens is 8. The summed E-state index contributed by atoms with van der Waals surface area (Å²) in [7, 11) is -7.10. The van der Waals surface area contributed by atoms with Crippen LogP contribution in [0.5, 0.6) is 11.5 Å². The Bertz CT molecular complexity index is 977. The summed E-state index contributed by atoms with van der Waals surface area (Å²) < 4.78 is 149. The Kier molecular flexibility index (Phi) is 7.00. The highest BCUT2D eigenvalue weighted by Gasteiger charge is 2.74. The molecule has 1 aromatic carbocycles. The van der Waals surface area contributed by atoms with E-state index in [2.05, 4.69) is 14.2 Å². The first-order valence-corrected chi connectivity index (χ1v) is 8.79. The highest BCUT2D eigenvalue weighted by molar-refractivity contribution is 7.86. The second-order valence-electron chi connectivity index (χ2n) is 5.55. The summed E-state index contributed by atoms with van der Waals surface area (Å²) in [6.45, 7) is 1.38. The molecule has 31 heavy (non-hydrogen) atoms. The zero-order chi connectivity index (χ0) is 24.6. The quantitative estimate of drug-likeness (QED) is 0.256. The van der Waals surface area contributed by atoms with Crippen molar-refractivity contribution in [2.45, 2.75) is 37.2 Å². The van der Waals surface area contributed by atoms with Crippen LogP contribution < -0.4 is 9.47 Å². The van der Waals surface area contributed by atoms with Gasteiger partial charge in [-0.3, -0.25) is 14.1 Å². The Morgan fingerprint density at radius 1 is 0.871 bits per heavy atom. The second kappa shape index (κ2) is 8.19. The molecule has 0 aromatic heterocycles. The van der Waals surface area contributed by atoms with Crippen LogP contribution in [0.3, 0.4) is 0 Å². The topological polar surface area (TPSA) is 116 Å². The van der Waals surface area contributed by atoms with Crippen molar-refractivity contribution in [1.29, 1.82) is 0 Å². The zero-order valence-electron chi connectivity index (χ0n) is 15.0. The number of rotatable bonds is 8. The molecule has 0 fully saturated rings. The van der Waals surface area contributed by atoms with Crippen molar-refractivity contribution in [3.8, 4) is 11.5 Å². The number of benzene rings is 1. The second-order valence-corrected chi connectivity index (χ2v) is 7.01. The molecule has 0 radical (unpaired) electrons. The van der Waals surface area contributed by atoms with Gasteiger partial charge in [0.1, 0.15) is 11.5 Å². The molecule has 0 saturated heterocycles. The van der Waals surface area contributed by atoms with E-state index in [1.807, 2.05) is 0 Å². The number of hydrogen-bond acceptors (Lipinski definition) is 7. The lowest BCUT2D eigenvalue weighted by molar-refractivity contribution is -0.459. The van der Waals surface area contributed by atoms with Gasteiger partial charge in [0.15, 0.2) is 0 Å². The Labute approximate surface area is 167 Å². The van der Waals surface area contributed by atoms with E-state index in [9.17, 15) is 53.1 Å². The van der Waals surface area contributed by atoms with E-state index in [4.69, 9.17) is 4.55 Å². The number of alkyl halides is 8. The minimum atomic E-state index is -7.10. The monoisotopic (exact) mass is 490 g/mol. The van der Waals surface area contributed by atoms with E-state index >= 15 is 0 Å². The predicted octanol–water partition coefficient (Wildman–Crippen LogP) is 3.31. The van der Waals surface area contributed by atoms with Gasteiger partial charge in [-0.1, -0.05) is 0 Å². The van der Waals surface area contributed by atoms with Gasteiger partial charge in [0.25, 0.3) is 0 Å². The molecule has 0 unspecified atom stereocenters. The Hall–Kier alpha value is -2.53. The molecule has 1 aromatic rings. The summed E-state index contributed by atoms with van der Waals surface area (Å²) in [5.41, 5.74) is -2.14. The molecular formula is C14H10F8O8S. The normalized spacial score (nSPS) is 13.6. The van der Waals surface area contributed by atoms with Gasteiger partial charge in [0.2, 0.25) is 0 Å². The van der Waals surface area contributed by atoms with Crippen LogP contribution in [0.4, 0.5) is 35.1 Å². The van der Waals surface area contributed by atoms with Crippen molar-refractivity contribution < 1.29 is 71.9 Å². The first-order valence-electron chi connectivity index (χ1n) is 7.35. The average molecular weight is 490 g/mol. The van der Waals surface area contributed by atoms with Gasteiger partial charge in [-0.2, -0.15) is 43.5 Å². The van der Waals surface area contributed by atoms with Crippen LogP contribution in [0, 0.1) is 0 Å². The molecule has 0 spiro atoms. The molecule has 0 amide bonds. The summed E-state index contributed by atoms with van der Waals surface area (Å²) in [4.78, 5) is 21.9. The smallest absolute Gasteiger partial charge is 0.427 e. The first kappa shape index (κ1) is 26.5. The lowest BCUT2D eigenvalue weighted by Gasteiger charge is -2.32. The minimum Gasteiger partial charge on any atom is -0.427 e. The summed E-state index contributed by atoms with van der Waals surface area (Å²) >= 11 is 0. The molecule has 0 atom stereocenters. The maximum atomic E-state index is 14.4. The maximum Gasteiger partial charge on any atom is 0.460 e. The standard InChI is InChI=1S/C14H10F8O8S/c1-6(23)28-8-3-4-10(29-7(2)24)9(5-8)11(15,16)12(17,18)30-13(19,20)14(21,22)31(25,26)27/h3-5H,1-2H3,(H,25,26,27). The van der Waals surface area contributed by atoms with E-state index in [0.717, 1.165) is 6.92 Å². The average Bonchev–Trinajstić information content (AvgIpc) is 2.52. The lowest BCUT2D eigenvalue weighted by atomic mass is 10.1. The fourth-order valence-corrected chi connectivity index (χ4v) is 2.16. The summed E-state index contributed by atoms with van der Waals surface area (Å²) in [5, 5.41) is -6.77. The van der Waals surface area contributed by atoms with E-state index in [0.29, 0.717) is 19.1 Å². The van der Waals surface area contributed by atoms with Crippen LogP contribution in [-0.2, 0) is 30.4 Å². The van der Waals surface area contributed by atoms with Crippen molar-refractivity contribution in [3.63, 3.8) is 0 Å². The van der Waals surface area contributed by atoms with Crippen molar-refractivity contribution in [3.05, 3.63) is 23.8 Å². The highest BCUT2D eigenvalue weighted by Crippen LogP contribution is 2.52. The van der Waals surface area contributed by atoms with E-state index in [1.54, 1.807) is 0 Å². The van der Waals surface area contributed by atoms with Gasteiger partial charge in [-0.05, 0) is 18.2 Å². The van der Waals surface area contributed by atoms with Crippen LogP contribution in [-0.4, -0.2) is 42.4 Å². The lowest BCUT2D eigenvalue weighted by Crippen LogP contribution is -2.55. The third-order valence-corrected chi connectivity index (χ3v) is 3.97. The summed E-state index contributed by atoms with van der Waals surface area (Å²) in [5.74, 6) is -10.8. The molecule has 17 heteroatoms. The van der Waals surface area contributed by atoms with Crippen molar-refractivity contribution >= 4 is 22.1 Å². The maximum absolute atomic E-state index is 14.4. The molecule has 0 aliphatic carbocycles. The van der Waals surface area contributed by atoms with Crippen molar-refractivity contribution in [1.82, 2.24) is 0 Å². The third kappa shape index (κ3) is 5.40. The summed E-state index contributed by atoms with van der Waals surface area (Å²) in [6.07, 6.45) is -13.5. The van der Waals surface area contributed by atoms with Gasteiger partial charge in [0, 0.05) is 13.8 Å². The van der Waals surface area contributed by atoms with Crippen LogP contribution in [0.25, 0.3) is 0 Å². The fraction of sp³-hybridized carbons (Fsp3) is 0.429. The van der Waals surface area contributed by atoms with Gasteiger partial charge < -0.3 is 9.47 Å². The van der Waals surface area contributed by atoms with E-state index in [1.165, 1.54) is 0 Å². The number of hydrogen-bond donors (Lipinski definition) is 1. The molecule has 176 valence electrons. The summed E-state index contributed by atoms with van der Waals surface area (Å²) in [6, 6.07) is 0.972. The van der Waals surface area contributed by atoms with Crippen molar-refractivity contribution in [2.24, 2.45) is 0 Å². The molecular weight excluding hydrogens is 480 g/mol. The first-order chi connectivity index (χ1) is 13.7. The van der Waals surface area contributed by atoms with Gasteiger partial charge >= 0.3 is 45.5 Å². The van der Waals surface area contributed by atoms with Gasteiger partial charge in [0.05, 0.1) is 5.56 Å². The number of ether oxygens (including phenoxy) is 3. The molecule has 0 saturated carbocycles. The molecule has 1 N–H and O–H groups in total. The third-order valence-electron chi connectivity index (χ3n) is 3.09. The largest absolute Gasteiger partial charge is 0.460 e. The zero-order valence-corrected chi connectivity index (χ0v) is 15.8. The van der Waals surface area contributed by atoms with E-state index < -0.39 is 62.5 Å². The Morgan fingerprint density at radius 2 is 1.35 bits per heavy atom. The van der Waals surface area contributed by atoms with Crippen LogP contribution in [0.1, 0.15) is 19.4 Å². The molecule has 0 aliphatic rings. The van der Waals surface area contributed by atoms with Crippen LogP contribution in [0.2, 0.25) is 0 Å². The van der Waals surface area contributed by atoms with Gasteiger partial charge in [-0.15, -0.1) is 0 Å². The van der Waals surface area contributed by atoms with E-state index in [-0.39, 0.29) is 6.07 Å². The van der Waals surface area contributed by atoms with Crippen LogP contribution >= 0.6 is 0 Å². The minimum absolute atomic E-state index is 0.0734. The Morgan fingerprint density at radius 3 is 1.77 bits per heavy atom. The van der Waals surface area contributed by atoms with Gasteiger partial charge in [-0.25, -0.2) is 4.74 Å². The van der Waals surface area contributed by atoms with Crippen molar-refractivity contribution in [2.75, 3.05) is 0 Å². The molecule has 8 nitrogen and oxygen atoms in total. The number of esters is 2. The molecule has 1 rings (SSSR count). The highest BCUT2D eigenvalue weighted by atomic mass is 32.2. The fourth-order valence-electron chi connectivity index (χ4n) is 1.82. The number of carbonyl (C=O) groups is 2.